The molecule has 1 atom stereocenters. The number of aliphatic hydroxyl groups excluding tert-OH is 1. The number of carbonyl (C=O) groups is 1. The van der Waals surface area contributed by atoms with Crippen LogP contribution in [0.5, 0.6) is 5.75 Å². The molecule has 0 aromatic heterocycles. The van der Waals surface area contributed by atoms with E-state index in [1.807, 2.05) is 13.0 Å². The molecule has 0 radical (unpaired) electrons. The normalized spacial score (nSPS) is 15.4. The third-order valence-corrected chi connectivity index (χ3v) is 5.03. The number of benzene rings is 2. The molecule has 2 aromatic carbocycles. The van der Waals surface area contributed by atoms with Crippen LogP contribution in [0.4, 0.5) is 20.6 Å². The Balaban J connectivity index is 1.38. The smallest absolute Gasteiger partial charge is 0.411 e. The first kappa shape index (κ1) is 22.8. The Labute approximate surface area is 182 Å². The van der Waals surface area contributed by atoms with E-state index < -0.39 is 12.2 Å². The molecule has 1 aliphatic heterocycles. The van der Waals surface area contributed by atoms with Gasteiger partial charge in [-0.2, -0.15) is 0 Å². The van der Waals surface area contributed by atoms with Crippen LogP contribution in [0.25, 0.3) is 0 Å². The van der Waals surface area contributed by atoms with E-state index in [2.05, 4.69) is 15.1 Å². The van der Waals surface area contributed by atoms with E-state index in [1.165, 1.54) is 12.1 Å². The van der Waals surface area contributed by atoms with Crippen molar-refractivity contribution in [3.63, 3.8) is 0 Å². The number of para-hydroxylation sites is 2. The van der Waals surface area contributed by atoms with Gasteiger partial charge in [0.2, 0.25) is 0 Å². The van der Waals surface area contributed by atoms with Crippen LogP contribution in [-0.4, -0.2) is 68.1 Å². The number of ether oxygens (including phenoxy) is 2. The molecule has 2 N–H and O–H groups in total. The molecule has 1 unspecified atom stereocenters. The van der Waals surface area contributed by atoms with Gasteiger partial charge in [0.15, 0.2) is 0 Å². The SMILES string of the molecule is CCCOc1ccccc1NC(=O)OCC(O)CN1CCN(c2ccc(F)cc2)CC1. The number of hydrogen-bond donors (Lipinski definition) is 2. The highest BCUT2D eigenvalue weighted by atomic mass is 19.1. The summed E-state index contributed by atoms with van der Waals surface area (Å²) < 4.78 is 23.9. The lowest BCUT2D eigenvalue weighted by Crippen LogP contribution is -2.49. The van der Waals surface area contributed by atoms with Crippen molar-refractivity contribution in [2.24, 2.45) is 0 Å². The number of amides is 1. The van der Waals surface area contributed by atoms with Gasteiger partial charge in [-0.25, -0.2) is 9.18 Å². The molecular weight excluding hydrogens is 401 g/mol. The molecule has 0 bridgehead atoms. The van der Waals surface area contributed by atoms with Gasteiger partial charge in [0.05, 0.1) is 12.3 Å². The summed E-state index contributed by atoms with van der Waals surface area (Å²) in [6.07, 6.45) is -0.550. The van der Waals surface area contributed by atoms with Gasteiger partial charge in [-0.1, -0.05) is 19.1 Å². The van der Waals surface area contributed by atoms with Crippen LogP contribution in [0, 0.1) is 5.82 Å². The summed E-state index contributed by atoms with van der Waals surface area (Å²) in [5.41, 5.74) is 1.53. The van der Waals surface area contributed by atoms with Crippen molar-refractivity contribution in [2.45, 2.75) is 19.4 Å². The summed E-state index contributed by atoms with van der Waals surface area (Å²) in [4.78, 5) is 16.4. The first-order valence-corrected chi connectivity index (χ1v) is 10.6. The predicted molar refractivity (Wildman–Crippen MR) is 118 cm³/mol. The molecule has 31 heavy (non-hydrogen) atoms. The molecule has 1 fully saturated rings. The Morgan fingerprint density at radius 1 is 1.13 bits per heavy atom. The molecule has 0 aliphatic carbocycles. The summed E-state index contributed by atoms with van der Waals surface area (Å²) in [7, 11) is 0. The van der Waals surface area contributed by atoms with E-state index in [0.29, 0.717) is 24.6 Å². The third-order valence-electron chi connectivity index (χ3n) is 5.03. The molecule has 8 heteroatoms. The summed E-state index contributed by atoms with van der Waals surface area (Å²) in [5.74, 6) is 0.340. The topological polar surface area (TPSA) is 74.3 Å². The average Bonchev–Trinajstić information content (AvgIpc) is 2.78. The van der Waals surface area contributed by atoms with E-state index in [-0.39, 0.29) is 12.4 Å². The molecule has 0 spiro atoms. The Kier molecular flexibility index (Phi) is 8.49. The molecule has 7 nitrogen and oxygen atoms in total. The minimum atomic E-state index is -0.783. The highest BCUT2D eigenvalue weighted by molar-refractivity contribution is 5.86. The van der Waals surface area contributed by atoms with Gasteiger partial charge in [0.1, 0.15) is 24.3 Å². The van der Waals surface area contributed by atoms with Crippen molar-refractivity contribution < 1.29 is 23.8 Å². The van der Waals surface area contributed by atoms with Crippen molar-refractivity contribution >= 4 is 17.5 Å². The quantitative estimate of drug-likeness (QED) is 0.634. The average molecular weight is 432 g/mol. The van der Waals surface area contributed by atoms with Crippen LogP contribution >= 0.6 is 0 Å². The summed E-state index contributed by atoms with van der Waals surface area (Å²) in [6.45, 7) is 5.99. The van der Waals surface area contributed by atoms with Crippen LogP contribution in [0.3, 0.4) is 0 Å². The number of carbonyl (C=O) groups excluding carboxylic acids is 1. The Morgan fingerprint density at radius 3 is 2.55 bits per heavy atom. The van der Waals surface area contributed by atoms with Crippen molar-refractivity contribution in [1.82, 2.24) is 4.90 Å². The molecular formula is C23H30FN3O4. The number of nitrogens with one attached hydrogen (secondary N) is 1. The predicted octanol–water partition coefficient (Wildman–Crippen LogP) is 3.35. The largest absolute Gasteiger partial charge is 0.491 e. The summed E-state index contributed by atoms with van der Waals surface area (Å²) >= 11 is 0. The lowest BCUT2D eigenvalue weighted by molar-refractivity contribution is 0.0469. The maximum absolute atomic E-state index is 13.1. The van der Waals surface area contributed by atoms with Gasteiger partial charge in [0.25, 0.3) is 0 Å². The third kappa shape index (κ3) is 7.11. The van der Waals surface area contributed by atoms with Crippen molar-refractivity contribution in [3.8, 4) is 5.75 Å². The van der Waals surface area contributed by atoms with E-state index in [9.17, 15) is 14.3 Å². The molecule has 1 saturated heterocycles. The van der Waals surface area contributed by atoms with Crippen molar-refractivity contribution in [3.05, 3.63) is 54.3 Å². The number of piperazine rings is 1. The maximum Gasteiger partial charge on any atom is 0.411 e. The van der Waals surface area contributed by atoms with Gasteiger partial charge < -0.3 is 19.5 Å². The zero-order valence-electron chi connectivity index (χ0n) is 17.8. The molecule has 168 valence electrons. The van der Waals surface area contributed by atoms with Gasteiger partial charge in [0, 0.05) is 38.4 Å². The fourth-order valence-corrected chi connectivity index (χ4v) is 3.42. The fourth-order valence-electron chi connectivity index (χ4n) is 3.42. The van der Waals surface area contributed by atoms with Crippen LogP contribution in [0.2, 0.25) is 0 Å². The van der Waals surface area contributed by atoms with E-state index in [1.54, 1.807) is 30.3 Å². The minimum Gasteiger partial charge on any atom is -0.491 e. The Bertz CT molecular complexity index is 826. The molecule has 0 saturated carbocycles. The van der Waals surface area contributed by atoms with Crippen molar-refractivity contribution in [2.75, 3.05) is 56.2 Å². The molecule has 3 rings (SSSR count). The van der Waals surface area contributed by atoms with Crippen LogP contribution < -0.4 is 15.0 Å². The second-order valence-corrected chi connectivity index (χ2v) is 7.49. The monoisotopic (exact) mass is 431 g/mol. The number of anilines is 2. The van der Waals surface area contributed by atoms with Gasteiger partial charge >= 0.3 is 6.09 Å². The number of halogens is 1. The molecule has 2 aromatic rings. The second kappa shape index (κ2) is 11.5. The zero-order valence-corrected chi connectivity index (χ0v) is 17.8. The Hall–Kier alpha value is -2.84. The first-order chi connectivity index (χ1) is 15.0. The van der Waals surface area contributed by atoms with Crippen LogP contribution in [0.15, 0.2) is 48.5 Å². The zero-order chi connectivity index (χ0) is 22.1. The number of hydrogen-bond acceptors (Lipinski definition) is 6. The van der Waals surface area contributed by atoms with Crippen molar-refractivity contribution in [1.29, 1.82) is 0 Å². The lowest BCUT2D eigenvalue weighted by Gasteiger charge is -2.36. The second-order valence-electron chi connectivity index (χ2n) is 7.49. The molecule has 1 heterocycles. The maximum atomic E-state index is 13.1. The minimum absolute atomic E-state index is 0.0952. The summed E-state index contributed by atoms with van der Waals surface area (Å²) in [5, 5.41) is 12.9. The van der Waals surface area contributed by atoms with E-state index in [0.717, 1.165) is 38.3 Å². The highest BCUT2D eigenvalue weighted by Gasteiger charge is 2.20. The van der Waals surface area contributed by atoms with Crippen LogP contribution in [0.1, 0.15) is 13.3 Å². The lowest BCUT2D eigenvalue weighted by atomic mass is 10.2. The van der Waals surface area contributed by atoms with E-state index in [4.69, 9.17) is 9.47 Å². The standard InChI is InChI=1S/C23H30FN3O4/c1-2-15-30-22-6-4-3-5-21(22)25-23(29)31-17-20(28)16-26-11-13-27(14-12-26)19-9-7-18(24)8-10-19/h3-10,20,28H,2,11-17H2,1H3,(H,25,29). The number of aliphatic hydroxyl groups is 1. The van der Waals surface area contributed by atoms with Gasteiger partial charge in [-0.05, 0) is 42.8 Å². The number of nitrogens with zero attached hydrogens (tertiary/aromatic N) is 2. The molecule has 1 aliphatic rings. The summed E-state index contributed by atoms with van der Waals surface area (Å²) in [6, 6.07) is 13.6. The number of rotatable bonds is 9. The highest BCUT2D eigenvalue weighted by Crippen LogP contribution is 2.24. The van der Waals surface area contributed by atoms with Crippen LogP contribution in [-0.2, 0) is 4.74 Å². The Morgan fingerprint density at radius 2 is 1.84 bits per heavy atom. The number of β-amino-alcohol motifs (C(OH)–C–C–N with tert-alkyl or cyclic N) is 1. The fraction of sp³-hybridized carbons (Fsp3) is 0.435. The van der Waals surface area contributed by atoms with E-state index >= 15 is 0 Å². The van der Waals surface area contributed by atoms with Gasteiger partial charge in [-0.15, -0.1) is 0 Å². The van der Waals surface area contributed by atoms with Gasteiger partial charge in [-0.3, -0.25) is 10.2 Å². The molecule has 1 amide bonds. The first-order valence-electron chi connectivity index (χ1n) is 10.6.